The molecule has 0 spiro atoms. The summed E-state index contributed by atoms with van der Waals surface area (Å²) in [7, 11) is 0. The van der Waals surface area contributed by atoms with Crippen LogP contribution in [0.4, 0.5) is 10.5 Å². The van der Waals surface area contributed by atoms with E-state index >= 15 is 0 Å². The van der Waals surface area contributed by atoms with Crippen molar-refractivity contribution in [2.24, 2.45) is 0 Å². The van der Waals surface area contributed by atoms with Crippen molar-refractivity contribution in [1.82, 2.24) is 14.7 Å². The SMILES string of the molecule is O=C(Nc1cccc(-n2cccn2)c1)N(Cc1ccsc1)C[C@H]1CCCO1. The minimum Gasteiger partial charge on any atom is -0.376 e. The van der Waals surface area contributed by atoms with Crippen LogP contribution in [0.15, 0.2) is 59.6 Å². The number of carbonyl (C=O) groups excluding carboxylic acids is 1. The van der Waals surface area contributed by atoms with Crippen LogP contribution >= 0.6 is 11.3 Å². The van der Waals surface area contributed by atoms with Crippen LogP contribution in [-0.4, -0.2) is 40.0 Å². The Morgan fingerprint density at radius 1 is 1.37 bits per heavy atom. The van der Waals surface area contributed by atoms with Gasteiger partial charge >= 0.3 is 6.03 Å². The monoisotopic (exact) mass is 382 g/mol. The fourth-order valence-corrected chi connectivity index (χ4v) is 3.87. The van der Waals surface area contributed by atoms with E-state index in [1.165, 1.54) is 0 Å². The molecule has 6 nitrogen and oxygen atoms in total. The maximum absolute atomic E-state index is 13.0. The van der Waals surface area contributed by atoms with Gasteiger partial charge in [0.25, 0.3) is 0 Å². The summed E-state index contributed by atoms with van der Waals surface area (Å²) >= 11 is 1.64. The lowest BCUT2D eigenvalue weighted by atomic mass is 10.2. The first-order valence-electron chi connectivity index (χ1n) is 9.06. The number of benzene rings is 1. The van der Waals surface area contributed by atoms with E-state index in [1.54, 1.807) is 22.2 Å². The van der Waals surface area contributed by atoms with Gasteiger partial charge in [0, 0.05) is 37.8 Å². The highest BCUT2D eigenvalue weighted by atomic mass is 32.1. The van der Waals surface area contributed by atoms with Gasteiger partial charge < -0.3 is 15.0 Å². The molecule has 2 amide bonds. The molecule has 2 aromatic heterocycles. The number of nitrogens with zero attached hydrogens (tertiary/aromatic N) is 3. The van der Waals surface area contributed by atoms with E-state index in [0.717, 1.165) is 36.4 Å². The van der Waals surface area contributed by atoms with Crippen LogP contribution in [0.3, 0.4) is 0 Å². The van der Waals surface area contributed by atoms with E-state index in [4.69, 9.17) is 4.74 Å². The molecule has 7 heteroatoms. The van der Waals surface area contributed by atoms with Crippen molar-refractivity contribution in [3.8, 4) is 5.69 Å². The molecule has 0 unspecified atom stereocenters. The molecule has 3 heterocycles. The van der Waals surface area contributed by atoms with Gasteiger partial charge in [-0.25, -0.2) is 9.48 Å². The van der Waals surface area contributed by atoms with Gasteiger partial charge in [-0.1, -0.05) is 6.07 Å². The number of urea groups is 1. The summed E-state index contributed by atoms with van der Waals surface area (Å²) in [4.78, 5) is 14.8. The number of nitrogens with one attached hydrogen (secondary N) is 1. The Morgan fingerprint density at radius 2 is 2.33 bits per heavy atom. The lowest BCUT2D eigenvalue weighted by molar-refractivity contribution is 0.0819. The number of amides is 2. The molecular weight excluding hydrogens is 360 g/mol. The van der Waals surface area contributed by atoms with Crippen LogP contribution in [0.1, 0.15) is 18.4 Å². The Morgan fingerprint density at radius 3 is 3.07 bits per heavy atom. The molecule has 1 N–H and O–H groups in total. The lowest BCUT2D eigenvalue weighted by Gasteiger charge is -2.25. The van der Waals surface area contributed by atoms with Crippen LogP contribution < -0.4 is 5.32 Å². The topological polar surface area (TPSA) is 59.4 Å². The summed E-state index contributed by atoms with van der Waals surface area (Å²) in [5, 5.41) is 11.4. The predicted octanol–water partition coefficient (Wildman–Crippen LogP) is 4.15. The van der Waals surface area contributed by atoms with Crippen molar-refractivity contribution in [1.29, 1.82) is 0 Å². The lowest BCUT2D eigenvalue weighted by Crippen LogP contribution is -2.39. The first-order valence-corrected chi connectivity index (χ1v) is 10.0. The summed E-state index contributed by atoms with van der Waals surface area (Å²) in [6, 6.07) is 11.5. The fraction of sp³-hybridized carbons (Fsp3) is 0.300. The molecule has 1 aromatic carbocycles. The number of rotatable bonds is 6. The standard InChI is InChI=1S/C20H22N4O2S/c25-20(22-17-4-1-5-18(12-17)24-9-3-8-21-24)23(13-16-7-11-27-15-16)14-19-6-2-10-26-19/h1,3-5,7-9,11-12,15,19H,2,6,10,13-14H2,(H,22,25)/t19-/m1/s1. The largest absolute Gasteiger partial charge is 0.376 e. The van der Waals surface area contributed by atoms with Crippen molar-refractivity contribution >= 4 is 23.1 Å². The third kappa shape index (κ3) is 4.56. The Kier molecular flexibility index (Phi) is 5.50. The molecule has 4 rings (SSSR count). The summed E-state index contributed by atoms with van der Waals surface area (Å²) in [5.41, 5.74) is 2.79. The Hall–Kier alpha value is -2.64. The zero-order valence-corrected chi connectivity index (χ0v) is 15.8. The van der Waals surface area contributed by atoms with Gasteiger partial charge in [-0.3, -0.25) is 0 Å². The van der Waals surface area contributed by atoms with E-state index in [9.17, 15) is 4.79 Å². The highest BCUT2D eigenvalue weighted by molar-refractivity contribution is 7.07. The second kappa shape index (κ2) is 8.37. The maximum Gasteiger partial charge on any atom is 0.322 e. The molecular formula is C20H22N4O2S. The minimum absolute atomic E-state index is 0.116. The number of carbonyl (C=O) groups is 1. The highest BCUT2D eigenvalue weighted by Gasteiger charge is 2.23. The molecule has 1 atom stereocenters. The number of anilines is 1. The first kappa shape index (κ1) is 17.8. The van der Waals surface area contributed by atoms with E-state index in [0.29, 0.717) is 13.1 Å². The van der Waals surface area contributed by atoms with Gasteiger partial charge in [0.2, 0.25) is 0 Å². The normalized spacial score (nSPS) is 16.4. The van der Waals surface area contributed by atoms with Crippen LogP contribution in [-0.2, 0) is 11.3 Å². The molecule has 1 aliphatic rings. The summed E-state index contributed by atoms with van der Waals surface area (Å²) in [6.45, 7) is 1.96. The van der Waals surface area contributed by atoms with Crippen LogP contribution in [0, 0.1) is 0 Å². The smallest absolute Gasteiger partial charge is 0.322 e. The van der Waals surface area contributed by atoms with Gasteiger partial charge in [0.15, 0.2) is 0 Å². The van der Waals surface area contributed by atoms with Gasteiger partial charge in [0.05, 0.1) is 11.8 Å². The number of ether oxygens (including phenoxy) is 1. The number of hydrogen-bond acceptors (Lipinski definition) is 4. The third-order valence-electron chi connectivity index (χ3n) is 4.56. The molecule has 27 heavy (non-hydrogen) atoms. The minimum atomic E-state index is -0.116. The average molecular weight is 382 g/mol. The first-order chi connectivity index (χ1) is 13.3. The highest BCUT2D eigenvalue weighted by Crippen LogP contribution is 2.19. The second-order valence-electron chi connectivity index (χ2n) is 6.58. The van der Waals surface area contributed by atoms with Crippen molar-refractivity contribution in [2.45, 2.75) is 25.5 Å². The van der Waals surface area contributed by atoms with Crippen molar-refractivity contribution in [3.05, 3.63) is 65.1 Å². The summed E-state index contributed by atoms with van der Waals surface area (Å²) in [5.74, 6) is 0. The predicted molar refractivity (Wildman–Crippen MR) is 106 cm³/mol. The Balaban J connectivity index is 1.48. The third-order valence-corrected chi connectivity index (χ3v) is 5.29. The van der Waals surface area contributed by atoms with Crippen LogP contribution in [0.5, 0.6) is 0 Å². The quantitative estimate of drug-likeness (QED) is 0.697. The number of hydrogen-bond donors (Lipinski definition) is 1. The van der Waals surface area contributed by atoms with Crippen LogP contribution in [0.2, 0.25) is 0 Å². The molecule has 1 saturated heterocycles. The van der Waals surface area contributed by atoms with E-state index in [-0.39, 0.29) is 12.1 Å². The fourth-order valence-electron chi connectivity index (χ4n) is 3.21. The molecule has 0 saturated carbocycles. The van der Waals surface area contributed by atoms with Gasteiger partial charge in [-0.2, -0.15) is 16.4 Å². The molecule has 0 bridgehead atoms. The number of aromatic nitrogens is 2. The van der Waals surface area contributed by atoms with Crippen molar-refractivity contribution < 1.29 is 9.53 Å². The zero-order valence-electron chi connectivity index (χ0n) is 15.0. The Labute approximate surface area is 162 Å². The van der Waals surface area contributed by atoms with Gasteiger partial charge in [0.1, 0.15) is 0 Å². The van der Waals surface area contributed by atoms with Gasteiger partial charge in [-0.05, 0) is 59.5 Å². The van der Waals surface area contributed by atoms with Gasteiger partial charge in [-0.15, -0.1) is 0 Å². The Bertz CT molecular complexity index is 858. The van der Waals surface area contributed by atoms with Crippen molar-refractivity contribution in [3.63, 3.8) is 0 Å². The molecule has 3 aromatic rings. The van der Waals surface area contributed by atoms with Crippen LogP contribution in [0.25, 0.3) is 5.69 Å². The van der Waals surface area contributed by atoms with Crippen molar-refractivity contribution in [2.75, 3.05) is 18.5 Å². The van der Waals surface area contributed by atoms with E-state index in [2.05, 4.69) is 21.9 Å². The zero-order chi connectivity index (χ0) is 18.5. The second-order valence-corrected chi connectivity index (χ2v) is 7.36. The number of thiophene rings is 1. The van der Waals surface area contributed by atoms with E-state index in [1.807, 2.05) is 46.8 Å². The molecule has 0 radical (unpaired) electrons. The molecule has 1 aliphatic heterocycles. The summed E-state index contributed by atoms with van der Waals surface area (Å²) in [6.07, 6.45) is 5.79. The molecule has 1 fully saturated rings. The van der Waals surface area contributed by atoms with E-state index < -0.39 is 0 Å². The maximum atomic E-state index is 13.0. The molecule has 140 valence electrons. The molecule has 0 aliphatic carbocycles. The average Bonchev–Trinajstić information content (AvgIpc) is 3.45. The summed E-state index contributed by atoms with van der Waals surface area (Å²) < 4.78 is 7.51.